The standard InChI is InChI=1S/C13H25BrO4/c1-11(15)18-10-8-6-4-5-7-9-12(14)13(16-2)17-3/h12-13H,4-10H2,1-3H3. The highest BCUT2D eigenvalue weighted by Gasteiger charge is 2.16. The van der Waals surface area contributed by atoms with E-state index in [1.54, 1.807) is 14.2 Å². The molecule has 0 fully saturated rings. The van der Waals surface area contributed by atoms with E-state index in [4.69, 9.17) is 14.2 Å². The summed E-state index contributed by atoms with van der Waals surface area (Å²) in [6.07, 6.45) is 6.43. The smallest absolute Gasteiger partial charge is 0.302 e. The molecule has 0 aliphatic carbocycles. The van der Waals surface area contributed by atoms with Crippen LogP contribution < -0.4 is 0 Å². The summed E-state index contributed by atoms with van der Waals surface area (Å²) in [6, 6.07) is 0. The van der Waals surface area contributed by atoms with Gasteiger partial charge in [0.2, 0.25) is 0 Å². The third kappa shape index (κ3) is 9.85. The van der Waals surface area contributed by atoms with Crippen LogP contribution in [0.4, 0.5) is 0 Å². The first-order chi connectivity index (χ1) is 8.61. The Bertz CT molecular complexity index is 207. The summed E-state index contributed by atoms with van der Waals surface area (Å²) in [7, 11) is 3.30. The van der Waals surface area contributed by atoms with Gasteiger partial charge in [0.25, 0.3) is 0 Å². The maximum Gasteiger partial charge on any atom is 0.302 e. The highest BCUT2D eigenvalue weighted by molar-refractivity contribution is 9.09. The number of hydrogen-bond acceptors (Lipinski definition) is 4. The Hall–Kier alpha value is -0.130. The van der Waals surface area contributed by atoms with Gasteiger partial charge in [-0.25, -0.2) is 0 Å². The summed E-state index contributed by atoms with van der Waals surface area (Å²) < 4.78 is 15.2. The average Bonchev–Trinajstić information content (AvgIpc) is 2.33. The fraction of sp³-hybridized carbons (Fsp3) is 0.923. The van der Waals surface area contributed by atoms with Crippen molar-refractivity contribution in [2.24, 2.45) is 0 Å². The van der Waals surface area contributed by atoms with Crippen molar-refractivity contribution in [2.45, 2.75) is 56.6 Å². The number of carbonyl (C=O) groups is 1. The Kier molecular flexibility index (Phi) is 11.8. The van der Waals surface area contributed by atoms with E-state index >= 15 is 0 Å². The van der Waals surface area contributed by atoms with E-state index in [-0.39, 0.29) is 17.1 Å². The highest BCUT2D eigenvalue weighted by Crippen LogP contribution is 2.18. The SMILES string of the molecule is COC(OC)C(Br)CCCCCCCOC(C)=O. The van der Waals surface area contributed by atoms with Gasteiger partial charge in [0.05, 0.1) is 11.4 Å². The monoisotopic (exact) mass is 324 g/mol. The van der Waals surface area contributed by atoms with Crippen molar-refractivity contribution in [3.05, 3.63) is 0 Å². The Balaban J connectivity index is 3.32. The minimum Gasteiger partial charge on any atom is -0.466 e. The molecule has 0 aliphatic rings. The highest BCUT2D eigenvalue weighted by atomic mass is 79.9. The number of hydrogen-bond donors (Lipinski definition) is 0. The van der Waals surface area contributed by atoms with Gasteiger partial charge in [-0.1, -0.05) is 41.6 Å². The molecule has 0 rings (SSSR count). The molecule has 0 saturated carbocycles. The summed E-state index contributed by atoms with van der Waals surface area (Å²) in [5.74, 6) is -0.192. The number of rotatable bonds is 11. The van der Waals surface area contributed by atoms with Gasteiger partial charge in [0.1, 0.15) is 0 Å². The molecule has 0 radical (unpaired) electrons. The lowest BCUT2D eigenvalue weighted by Crippen LogP contribution is -2.24. The Morgan fingerprint density at radius 2 is 1.61 bits per heavy atom. The van der Waals surface area contributed by atoms with Crippen LogP contribution in [0, 0.1) is 0 Å². The number of unbranched alkanes of at least 4 members (excludes halogenated alkanes) is 4. The molecule has 0 heterocycles. The fourth-order valence-corrected chi connectivity index (χ4v) is 2.47. The van der Waals surface area contributed by atoms with E-state index < -0.39 is 0 Å². The molecule has 0 aliphatic heterocycles. The average molecular weight is 325 g/mol. The lowest BCUT2D eigenvalue weighted by Gasteiger charge is -2.19. The van der Waals surface area contributed by atoms with Crippen molar-refractivity contribution in [3.8, 4) is 0 Å². The molecule has 1 atom stereocenters. The van der Waals surface area contributed by atoms with Crippen molar-refractivity contribution in [3.63, 3.8) is 0 Å². The zero-order chi connectivity index (χ0) is 13.8. The number of ether oxygens (including phenoxy) is 3. The van der Waals surface area contributed by atoms with E-state index in [0.717, 1.165) is 25.7 Å². The molecule has 18 heavy (non-hydrogen) atoms. The van der Waals surface area contributed by atoms with Crippen LogP contribution in [0.25, 0.3) is 0 Å². The van der Waals surface area contributed by atoms with E-state index in [2.05, 4.69) is 15.9 Å². The molecule has 108 valence electrons. The molecular formula is C13H25BrO4. The van der Waals surface area contributed by atoms with Gasteiger partial charge in [-0.15, -0.1) is 0 Å². The largest absolute Gasteiger partial charge is 0.466 e. The zero-order valence-electron chi connectivity index (χ0n) is 11.6. The van der Waals surface area contributed by atoms with Gasteiger partial charge in [-0.05, 0) is 12.8 Å². The molecule has 0 bridgehead atoms. The van der Waals surface area contributed by atoms with E-state index in [0.29, 0.717) is 6.61 Å². The predicted molar refractivity (Wildman–Crippen MR) is 74.9 cm³/mol. The maximum absolute atomic E-state index is 10.5. The van der Waals surface area contributed by atoms with Crippen LogP contribution in [0.15, 0.2) is 0 Å². The molecule has 0 aromatic rings. The molecule has 5 heteroatoms. The van der Waals surface area contributed by atoms with Crippen molar-refractivity contribution < 1.29 is 19.0 Å². The lowest BCUT2D eigenvalue weighted by atomic mass is 10.1. The predicted octanol–water partition coefficient (Wildman–Crippen LogP) is 3.27. The quantitative estimate of drug-likeness (QED) is 0.253. The van der Waals surface area contributed by atoms with Gasteiger partial charge >= 0.3 is 5.97 Å². The minimum atomic E-state index is -0.192. The molecule has 0 aromatic carbocycles. The molecule has 0 amide bonds. The fourth-order valence-electron chi connectivity index (χ4n) is 1.72. The molecule has 0 spiro atoms. The third-order valence-corrected chi connectivity index (χ3v) is 3.58. The topological polar surface area (TPSA) is 44.8 Å². The lowest BCUT2D eigenvalue weighted by molar-refractivity contribution is -0.141. The minimum absolute atomic E-state index is 0.172. The maximum atomic E-state index is 10.5. The Morgan fingerprint density at radius 1 is 1.06 bits per heavy atom. The molecule has 0 saturated heterocycles. The van der Waals surface area contributed by atoms with Gasteiger partial charge in [-0.3, -0.25) is 4.79 Å². The second kappa shape index (κ2) is 11.9. The second-order valence-electron chi connectivity index (χ2n) is 4.25. The van der Waals surface area contributed by atoms with Crippen LogP contribution in [0.5, 0.6) is 0 Å². The van der Waals surface area contributed by atoms with Crippen LogP contribution in [0.2, 0.25) is 0 Å². The van der Waals surface area contributed by atoms with Gasteiger partial charge in [0, 0.05) is 21.1 Å². The molecule has 1 unspecified atom stereocenters. The first kappa shape index (κ1) is 17.9. The van der Waals surface area contributed by atoms with Gasteiger partial charge in [-0.2, -0.15) is 0 Å². The number of carbonyl (C=O) groups excluding carboxylic acids is 1. The van der Waals surface area contributed by atoms with Crippen molar-refractivity contribution in [1.82, 2.24) is 0 Å². The normalized spacial score (nSPS) is 12.7. The summed E-state index contributed by atoms with van der Waals surface area (Å²) >= 11 is 3.57. The number of alkyl halides is 1. The summed E-state index contributed by atoms with van der Waals surface area (Å²) in [5, 5.41) is 0. The summed E-state index contributed by atoms with van der Waals surface area (Å²) in [4.78, 5) is 10.8. The van der Waals surface area contributed by atoms with Crippen LogP contribution in [-0.2, 0) is 19.0 Å². The van der Waals surface area contributed by atoms with Crippen LogP contribution in [0.1, 0.15) is 45.4 Å². The number of halogens is 1. The second-order valence-corrected chi connectivity index (χ2v) is 5.43. The Labute approximate surface area is 118 Å². The first-order valence-corrected chi connectivity index (χ1v) is 7.36. The first-order valence-electron chi connectivity index (χ1n) is 6.44. The van der Waals surface area contributed by atoms with Crippen LogP contribution in [0.3, 0.4) is 0 Å². The number of esters is 1. The van der Waals surface area contributed by atoms with E-state index in [1.165, 1.54) is 19.8 Å². The molecule has 0 aromatic heterocycles. The molecule has 4 nitrogen and oxygen atoms in total. The third-order valence-electron chi connectivity index (χ3n) is 2.69. The van der Waals surface area contributed by atoms with Gasteiger partial charge < -0.3 is 14.2 Å². The van der Waals surface area contributed by atoms with Crippen molar-refractivity contribution in [2.75, 3.05) is 20.8 Å². The molecule has 0 N–H and O–H groups in total. The summed E-state index contributed by atoms with van der Waals surface area (Å²) in [5.41, 5.74) is 0. The Morgan fingerprint density at radius 3 is 2.17 bits per heavy atom. The number of methoxy groups -OCH3 is 2. The van der Waals surface area contributed by atoms with E-state index in [1.807, 2.05) is 0 Å². The summed E-state index contributed by atoms with van der Waals surface area (Å²) in [6.45, 7) is 1.99. The van der Waals surface area contributed by atoms with Crippen molar-refractivity contribution in [1.29, 1.82) is 0 Å². The van der Waals surface area contributed by atoms with Gasteiger partial charge in [0.15, 0.2) is 6.29 Å². The van der Waals surface area contributed by atoms with E-state index in [9.17, 15) is 4.79 Å². The zero-order valence-corrected chi connectivity index (χ0v) is 13.2. The van der Waals surface area contributed by atoms with Crippen LogP contribution in [-0.4, -0.2) is 37.9 Å². The van der Waals surface area contributed by atoms with Crippen molar-refractivity contribution >= 4 is 21.9 Å². The van der Waals surface area contributed by atoms with Crippen LogP contribution >= 0.6 is 15.9 Å². The molecular weight excluding hydrogens is 300 g/mol.